The Hall–Kier alpha value is -1.73. The van der Waals surface area contributed by atoms with E-state index < -0.39 is 0 Å². The van der Waals surface area contributed by atoms with Gasteiger partial charge in [-0.15, -0.1) is 22.7 Å². The van der Waals surface area contributed by atoms with Crippen LogP contribution in [0.25, 0.3) is 10.4 Å². The molecule has 1 saturated heterocycles. The maximum Gasteiger partial charge on any atom is 0.0898 e. The van der Waals surface area contributed by atoms with E-state index in [4.69, 9.17) is 4.98 Å². The Kier molecular flexibility index (Phi) is 5.20. The molecule has 0 aliphatic carbocycles. The van der Waals surface area contributed by atoms with Gasteiger partial charge < -0.3 is 10.2 Å². The molecule has 0 bridgehead atoms. The number of fused-ring (bicyclic) bond motifs is 1. The maximum atomic E-state index is 4.73. The Morgan fingerprint density at radius 1 is 1.18 bits per heavy atom. The van der Waals surface area contributed by atoms with Crippen LogP contribution in [-0.2, 0) is 13.1 Å². The van der Waals surface area contributed by atoms with Gasteiger partial charge in [-0.25, -0.2) is 4.98 Å². The second-order valence-electron chi connectivity index (χ2n) is 7.71. The molecule has 0 atom stereocenters. The molecule has 1 aromatic carbocycles. The molecular weight excluding hydrogens is 384 g/mol. The minimum Gasteiger partial charge on any atom is -0.352 e. The molecule has 1 N–H and O–H groups in total. The topological polar surface area (TPSA) is 31.4 Å². The average Bonchev–Trinajstić information content (AvgIpc) is 3.35. The Morgan fingerprint density at radius 2 is 2.00 bits per heavy atom. The first-order valence-corrected chi connectivity index (χ1v) is 11.7. The SMILES string of the molecule is Cc1nc(CN2CN(C3CCNCC3)Cc3sc(-c4ccccc4)cc32)cs1. The lowest BCUT2D eigenvalue weighted by Crippen LogP contribution is -2.49. The number of nitrogens with one attached hydrogen (secondary N) is 1. The molecule has 3 aromatic rings. The first-order chi connectivity index (χ1) is 13.8. The molecule has 6 heteroatoms. The molecule has 0 amide bonds. The summed E-state index contributed by atoms with van der Waals surface area (Å²) in [5, 5.41) is 6.87. The predicted octanol–water partition coefficient (Wildman–Crippen LogP) is 4.71. The van der Waals surface area contributed by atoms with Gasteiger partial charge in [-0.05, 0) is 44.5 Å². The van der Waals surface area contributed by atoms with Gasteiger partial charge in [0.25, 0.3) is 0 Å². The summed E-state index contributed by atoms with van der Waals surface area (Å²) in [6, 6.07) is 13.9. The van der Waals surface area contributed by atoms with Crippen molar-refractivity contribution >= 4 is 28.4 Å². The summed E-state index contributed by atoms with van der Waals surface area (Å²) in [5.74, 6) is 0. The van der Waals surface area contributed by atoms with Gasteiger partial charge in [0.1, 0.15) is 0 Å². The fourth-order valence-electron chi connectivity index (χ4n) is 4.30. The predicted molar refractivity (Wildman–Crippen MR) is 119 cm³/mol. The number of aromatic nitrogens is 1. The summed E-state index contributed by atoms with van der Waals surface area (Å²) in [4.78, 5) is 12.8. The highest BCUT2D eigenvalue weighted by Crippen LogP contribution is 2.41. The molecule has 2 aliphatic rings. The van der Waals surface area contributed by atoms with E-state index in [-0.39, 0.29) is 0 Å². The third kappa shape index (κ3) is 3.74. The van der Waals surface area contributed by atoms with E-state index in [1.807, 2.05) is 11.3 Å². The van der Waals surface area contributed by atoms with Gasteiger partial charge in [-0.3, -0.25) is 4.90 Å². The molecule has 0 radical (unpaired) electrons. The third-order valence-electron chi connectivity index (χ3n) is 5.73. The minimum atomic E-state index is 0.677. The van der Waals surface area contributed by atoms with Crippen LogP contribution in [0.5, 0.6) is 0 Å². The van der Waals surface area contributed by atoms with Crippen LogP contribution in [0.1, 0.15) is 28.4 Å². The quantitative estimate of drug-likeness (QED) is 0.675. The Balaban J connectivity index is 1.47. The fourth-order valence-corrected chi connectivity index (χ4v) is 6.12. The van der Waals surface area contributed by atoms with Crippen LogP contribution in [0.3, 0.4) is 0 Å². The molecule has 4 heterocycles. The number of hydrogen-bond donors (Lipinski definition) is 1. The van der Waals surface area contributed by atoms with E-state index in [0.29, 0.717) is 6.04 Å². The summed E-state index contributed by atoms with van der Waals surface area (Å²) in [6.45, 7) is 7.33. The van der Waals surface area contributed by atoms with Crippen molar-refractivity contribution in [2.75, 3.05) is 24.7 Å². The normalized spacial score (nSPS) is 18.4. The molecule has 0 unspecified atom stereocenters. The monoisotopic (exact) mass is 410 g/mol. The standard InChI is InChI=1S/C22H26N4S2/c1-16-24-18(14-27-16)12-26-15-25(19-7-9-23-10-8-19)13-22-20(26)11-21(28-22)17-5-3-2-4-6-17/h2-6,11,14,19,23H,7-10,12-13,15H2,1H3. The van der Waals surface area contributed by atoms with E-state index >= 15 is 0 Å². The molecule has 2 aromatic heterocycles. The smallest absolute Gasteiger partial charge is 0.0898 e. The number of hydrogen-bond acceptors (Lipinski definition) is 6. The van der Waals surface area contributed by atoms with Crippen molar-refractivity contribution in [1.29, 1.82) is 0 Å². The number of thiazole rings is 1. The van der Waals surface area contributed by atoms with E-state index in [9.17, 15) is 0 Å². The summed E-state index contributed by atoms with van der Waals surface area (Å²) in [5.41, 5.74) is 3.91. The molecule has 28 heavy (non-hydrogen) atoms. The van der Waals surface area contributed by atoms with Crippen molar-refractivity contribution in [2.24, 2.45) is 0 Å². The van der Waals surface area contributed by atoms with E-state index in [1.165, 1.54) is 39.5 Å². The highest BCUT2D eigenvalue weighted by atomic mass is 32.1. The second kappa shape index (κ2) is 7.95. The number of aryl methyl sites for hydroxylation is 1. The average molecular weight is 411 g/mol. The van der Waals surface area contributed by atoms with Crippen molar-refractivity contribution in [2.45, 2.75) is 38.9 Å². The van der Waals surface area contributed by atoms with E-state index in [0.717, 1.165) is 37.9 Å². The number of piperidine rings is 1. The fraction of sp³-hybridized carbons (Fsp3) is 0.409. The van der Waals surface area contributed by atoms with Crippen molar-refractivity contribution < 1.29 is 0 Å². The van der Waals surface area contributed by atoms with Crippen LogP contribution in [-0.4, -0.2) is 35.7 Å². The van der Waals surface area contributed by atoms with Gasteiger partial charge in [0, 0.05) is 27.7 Å². The molecule has 2 aliphatic heterocycles. The number of rotatable bonds is 4. The summed E-state index contributed by atoms with van der Waals surface area (Å²) >= 11 is 3.71. The lowest BCUT2D eigenvalue weighted by Gasteiger charge is -2.42. The van der Waals surface area contributed by atoms with Crippen molar-refractivity contribution in [3.8, 4) is 10.4 Å². The zero-order chi connectivity index (χ0) is 18.9. The van der Waals surface area contributed by atoms with Crippen LogP contribution in [0.2, 0.25) is 0 Å². The van der Waals surface area contributed by atoms with Crippen LogP contribution in [0.15, 0.2) is 41.8 Å². The Labute approximate surface area is 174 Å². The number of nitrogens with zero attached hydrogens (tertiary/aromatic N) is 3. The number of thiophene rings is 1. The largest absolute Gasteiger partial charge is 0.352 e. The molecular formula is C22H26N4S2. The van der Waals surface area contributed by atoms with Gasteiger partial charge in [0.2, 0.25) is 0 Å². The Bertz CT molecular complexity index is 927. The highest BCUT2D eigenvalue weighted by Gasteiger charge is 2.30. The summed E-state index contributed by atoms with van der Waals surface area (Å²) in [7, 11) is 0. The number of anilines is 1. The molecule has 146 valence electrons. The highest BCUT2D eigenvalue weighted by molar-refractivity contribution is 7.16. The lowest BCUT2D eigenvalue weighted by molar-refractivity contribution is 0.147. The van der Waals surface area contributed by atoms with Crippen LogP contribution in [0, 0.1) is 6.92 Å². The zero-order valence-electron chi connectivity index (χ0n) is 16.2. The number of benzene rings is 1. The van der Waals surface area contributed by atoms with Crippen molar-refractivity contribution in [1.82, 2.24) is 15.2 Å². The molecule has 0 saturated carbocycles. The van der Waals surface area contributed by atoms with E-state index in [1.54, 1.807) is 11.3 Å². The molecule has 1 fully saturated rings. The van der Waals surface area contributed by atoms with Crippen LogP contribution in [0.4, 0.5) is 5.69 Å². The first-order valence-electron chi connectivity index (χ1n) is 10.0. The summed E-state index contributed by atoms with van der Waals surface area (Å²) in [6.07, 6.45) is 2.49. The van der Waals surface area contributed by atoms with Gasteiger partial charge in [-0.1, -0.05) is 30.3 Å². The second-order valence-corrected chi connectivity index (χ2v) is 9.91. The first kappa shape index (κ1) is 18.3. The van der Waals surface area contributed by atoms with Gasteiger partial charge in [-0.2, -0.15) is 0 Å². The van der Waals surface area contributed by atoms with Crippen molar-refractivity contribution in [3.05, 3.63) is 57.4 Å². The van der Waals surface area contributed by atoms with Gasteiger partial charge in [0.15, 0.2) is 0 Å². The minimum absolute atomic E-state index is 0.677. The van der Waals surface area contributed by atoms with Crippen molar-refractivity contribution in [3.63, 3.8) is 0 Å². The lowest BCUT2D eigenvalue weighted by atomic mass is 10.0. The van der Waals surface area contributed by atoms with Gasteiger partial charge in [0.05, 0.1) is 29.6 Å². The summed E-state index contributed by atoms with van der Waals surface area (Å²) < 4.78 is 0. The van der Waals surface area contributed by atoms with Gasteiger partial charge >= 0.3 is 0 Å². The van der Waals surface area contributed by atoms with E-state index in [2.05, 4.69) is 63.8 Å². The van der Waals surface area contributed by atoms with Crippen LogP contribution < -0.4 is 10.2 Å². The maximum absolute atomic E-state index is 4.73. The van der Waals surface area contributed by atoms with Crippen LogP contribution >= 0.6 is 22.7 Å². The third-order valence-corrected chi connectivity index (χ3v) is 7.71. The molecule has 5 rings (SSSR count). The zero-order valence-corrected chi connectivity index (χ0v) is 17.9. The molecule has 4 nitrogen and oxygen atoms in total. The Morgan fingerprint density at radius 3 is 2.75 bits per heavy atom. The molecule has 0 spiro atoms.